The molecule has 6 heteroatoms. The van der Waals surface area contributed by atoms with Crippen molar-refractivity contribution in [1.82, 2.24) is 9.80 Å². The summed E-state index contributed by atoms with van der Waals surface area (Å²) in [6, 6.07) is 27.2. The van der Waals surface area contributed by atoms with Crippen LogP contribution in [0.25, 0.3) is 0 Å². The third-order valence-corrected chi connectivity index (χ3v) is 7.34. The molecule has 1 fully saturated rings. The zero-order chi connectivity index (χ0) is 24.7. The summed E-state index contributed by atoms with van der Waals surface area (Å²) < 4.78 is 11.2. The number of hydrogen-bond acceptors (Lipinski definition) is 5. The fourth-order valence-electron chi connectivity index (χ4n) is 5.42. The molecule has 1 N–H and O–H groups in total. The van der Waals surface area contributed by atoms with Crippen LogP contribution in [-0.2, 0) is 17.9 Å². The summed E-state index contributed by atoms with van der Waals surface area (Å²) in [6.07, 6.45) is 3.34. The average molecular weight is 486 g/mol. The van der Waals surface area contributed by atoms with Crippen LogP contribution in [-0.4, -0.2) is 54.6 Å². The second kappa shape index (κ2) is 11.5. The van der Waals surface area contributed by atoms with Crippen molar-refractivity contribution in [3.05, 3.63) is 90.0 Å². The number of ether oxygens (including phenoxy) is 2. The van der Waals surface area contributed by atoms with E-state index in [1.54, 1.807) is 7.11 Å². The van der Waals surface area contributed by atoms with E-state index in [4.69, 9.17) is 9.47 Å². The maximum absolute atomic E-state index is 13.6. The normalized spacial score (nSPS) is 20.1. The summed E-state index contributed by atoms with van der Waals surface area (Å²) in [5, 5.41) is 3.65. The number of carbonyl (C=O) groups excluding carboxylic acids is 1. The van der Waals surface area contributed by atoms with Crippen LogP contribution in [0.15, 0.2) is 78.9 Å². The zero-order valence-electron chi connectivity index (χ0n) is 20.9. The maximum atomic E-state index is 13.6. The second-order valence-corrected chi connectivity index (χ2v) is 9.66. The number of hydrogen-bond donors (Lipinski definition) is 1. The summed E-state index contributed by atoms with van der Waals surface area (Å²) in [6.45, 7) is 3.08. The van der Waals surface area contributed by atoms with E-state index >= 15 is 0 Å². The van der Waals surface area contributed by atoms with E-state index in [1.165, 1.54) is 5.56 Å². The summed E-state index contributed by atoms with van der Waals surface area (Å²) in [5.74, 6) is 1.34. The van der Waals surface area contributed by atoms with Gasteiger partial charge in [0.1, 0.15) is 11.5 Å². The van der Waals surface area contributed by atoms with E-state index in [-0.39, 0.29) is 12.5 Å². The molecule has 188 valence electrons. The first-order valence-corrected chi connectivity index (χ1v) is 12.9. The third kappa shape index (κ3) is 5.82. The Morgan fingerprint density at radius 1 is 0.917 bits per heavy atom. The molecule has 2 bridgehead atoms. The van der Waals surface area contributed by atoms with Crippen molar-refractivity contribution in [1.29, 1.82) is 0 Å². The third-order valence-electron chi connectivity index (χ3n) is 7.34. The molecule has 36 heavy (non-hydrogen) atoms. The number of para-hydroxylation sites is 1. The SMILES string of the molecule is COc1cccc(OCC(=O)N2Cc3ccccc3NCC[C@@H]3CC[C@H](C2)N3Cc2ccccc2)c1. The highest BCUT2D eigenvalue weighted by atomic mass is 16.5. The summed E-state index contributed by atoms with van der Waals surface area (Å²) in [4.78, 5) is 18.2. The van der Waals surface area contributed by atoms with Crippen molar-refractivity contribution in [3.63, 3.8) is 0 Å². The van der Waals surface area contributed by atoms with Crippen molar-refractivity contribution < 1.29 is 14.3 Å². The first-order valence-electron chi connectivity index (χ1n) is 12.9. The first kappa shape index (κ1) is 24.2. The predicted molar refractivity (Wildman–Crippen MR) is 142 cm³/mol. The molecule has 2 atom stereocenters. The monoisotopic (exact) mass is 485 g/mol. The van der Waals surface area contributed by atoms with Gasteiger partial charge in [-0.2, -0.15) is 0 Å². The molecular weight excluding hydrogens is 450 g/mol. The van der Waals surface area contributed by atoms with Gasteiger partial charge < -0.3 is 19.7 Å². The van der Waals surface area contributed by atoms with Gasteiger partial charge in [-0.25, -0.2) is 0 Å². The van der Waals surface area contributed by atoms with Crippen LogP contribution in [0.5, 0.6) is 11.5 Å². The molecule has 1 saturated heterocycles. The fourth-order valence-corrected chi connectivity index (χ4v) is 5.42. The number of fused-ring (bicyclic) bond motifs is 3. The van der Waals surface area contributed by atoms with E-state index in [2.05, 4.69) is 58.7 Å². The van der Waals surface area contributed by atoms with Gasteiger partial charge in [-0.05, 0) is 48.6 Å². The molecule has 2 aliphatic rings. The Morgan fingerprint density at radius 3 is 2.56 bits per heavy atom. The molecule has 3 aromatic rings. The summed E-state index contributed by atoms with van der Waals surface area (Å²) in [7, 11) is 1.63. The quantitative estimate of drug-likeness (QED) is 0.535. The standard InChI is InChI=1S/C30H35N3O3/c1-35-27-11-7-12-28(18-27)36-22-30(34)32-20-24-10-5-6-13-29(24)31-17-16-25-14-15-26(21-32)33(25)19-23-8-3-2-4-9-23/h2-13,18,25-26,31H,14-17,19-22H2,1H3/t25-,26+/m0/s1. The Bertz CT molecular complexity index is 1150. The van der Waals surface area contributed by atoms with Gasteiger partial charge in [-0.3, -0.25) is 9.69 Å². The largest absolute Gasteiger partial charge is 0.497 e. The molecule has 0 saturated carbocycles. The summed E-state index contributed by atoms with van der Waals surface area (Å²) in [5.41, 5.74) is 3.57. The van der Waals surface area contributed by atoms with Crippen molar-refractivity contribution in [3.8, 4) is 11.5 Å². The lowest BCUT2D eigenvalue weighted by Crippen LogP contribution is -2.46. The lowest BCUT2D eigenvalue weighted by molar-refractivity contribution is -0.134. The van der Waals surface area contributed by atoms with Gasteiger partial charge in [0.05, 0.1) is 7.11 Å². The smallest absolute Gasteiger partial charge is 0.260 e. The molecule has 0 radical (unpaired) electrons. The number of benzene rings is 3. The van der Waals surface area contributed by atoms with Crippen molar-refractivity contribution in [2.45, 2.75) is 44.4 Å². The van der Waals surface area contributed by atoms with Crippen LogP contribution < -0.4 is 14.8 Å². The molecule has 0 unspecified atom stereocenters. The Hall–Kier alpha value is -3.51. The molecule has 0 aliphatic carbocycles. The van der Waals surface area contributed by atoms with E-state index < -0.39 is 0 Å². The van der Waals surface area contributed by atoms with Gasteiger partial charge >= 0.3 is 0 Å². The van der Waals surface area contributed by atoms with Gasteiger partial charge in [0.2, 0.25) is 0 Å². The number of nitrogens with one attached hydrogen (secondary N) is 1. The fraction of sp³-hybridized carbons (Fsp3) is 0.367. The maximum Gasteiger partial charge on any atom is 0.260 e. The minimum Gasteiger partial charge on any atom is -0.497 e. The number of amides is 1. The van der Waals surface area contributed by atoms with Crippen LogP contribution in [0.4, 0.5) is 5.69 Å². The van der Waals surface area contributed by atoms with Gasteiger partial charge in [0.15, 0.2) is 6.61 Å². The van der Waals surface area contributed by atoms with Crippen molar-refractivity contribution in [2.24, 2.45) is 0 Å². The topological polar surface area (TPSA) is 54.0 Å². The van der Waals surface area contributed by atoms with Crippen LogP contribution in [0, 0.1) is 0 Å². The Kier molecular flexibility index (Phi) is 7.72. The second-order valence-electron chi connectivity index (χ2n) is 9.66. The van der Waals surface area contributed by atoms with Crippen LogP contribution in [0.3, 0.4) is 0 Å². The molecule has 2 heterocycles. The van der Waals surface area contributed by atoms with Crippen molar-refractivity contribution in [2.75, 3.05) is 32.1 Å². The minimum absolute atomic E-state index is 0.00238. The van der Waals surface area contributed by atoms with Gasteiger partial charge in [-0.1, -0.05) is 54.6 Å². The number of rotatable bonds is 6. The molecule has 1 amide bonds. The number of nitrogens with zero attached hydrogens (tertiary/aromatic N) is 2. The molecule has 0 spiro atoms. The number of anilines is 1. The lowest BCUT2D eigenvalue weighted by Gasteiger charge is -2.34. The Balaban J connectivity index is 1.37. The van der Waals surface area contributed by atoms with Gasteiger partial charge in [0, 0.05) is 50.0 Å². The highest BCUT2D eigenvalue weighted by Crippen LogP contribution is 2.31. The van der Waals surface area contributed by atoms with E-state index in [9.17, 15) is 4.79 Å². The molecule has 6 nitrogen and oxygen atoms in total. The Morgan fingerprint density at radius 2 is 1.69 bits per heavy atom. The summed E-state index contributed by atoms with van der Waals surface area (Å²) >= 11 is 0. The van der Waals surface area contributed by atoms with E-state index in [0.29, 0.717) is 36.7 Å². The average Bonchev–Trinajstić information content (AvgIpc) is 3.27. The molecule has 2 aliphatic heterocycles. The Labute approximate surface area is 213 Å². The molecule has 3 aromatic carbocycles. The van der Waals surface area contributed by atoms with Crippen LogP contribution in [0.1, 0.15) is 30.4 Å². The molecule has 0 aromatic heterocycles. The predicted octanol–water partition coefficient (Wildman–Crippen LogP) is 4.95. The minimum atomic E-state index is -0.00465. The first-order chi connectivity index (χ1) is 17.7. The highest BCUT2D eigenvalue weighted by molar-refractivity contribution is 5.78. The van der Waals surface area contributed by atoms with Crippen LogP contribution >= 0.6 is 0 Å². The van der Waals surface area contributed by atoms with E-state index in [1.807, 2.05) is 35.2 Å². The molecular formula is C30H35N3O3. The van der Waals surface area contributed by atoms with Crippen molar-refractivity contribution >= 4 is 11.6 Å². The lowest BCUT2D eigenvalue weighted by atomic mass is 10.1. The number of methoxy groups -OCH3 is 1. The number of carbonyl (C=O) groups is 1. The van der Waals surface area contributed by atoms with E-state index in [0.717, 1.165) is 43.6 Å². The van der Waals surface area contributed by atoms with Gasteiger partial charge in [0.25, 0.3) is 5.91 Å². The zero-order valence-corrected chi connectivity index (χ0v) is 20.9. The highest BCUT2D eigenvalue weighted by Gasteiger charge is 2.35. The molecule has 5 rings (SSSR count). The van der Waals surface area contributed by atoms with Gasteiger partial charge in [-0.15, -0.1) is 0 Å². The van der Waals surface area contributed by atoms with Crippen LogP contribution in [0.2, 0.25) is 0 Å².